The van der Waals surface area contributed by atoms with E-state index >= 15 is 0 Å². The van der Waals surface area contributed by atoms with E-state index < -0.39 is 0 Å². The topological polar surface area (TPSA) is 45.8 Å². The van der Waals surface area contributed by atoms with E-state index in [9.17, 15) is 0 Å². The Bertz CT molecular complexity index is 4860. The first-order valence-electron chi connectivity index (χ1n) is 23.6. The molecule has 0 saturated carbocycles. The number of furan rings is 1. The Balaban J connectivity index is 1.02. The van der Waals surface area contributed by atoms with Crippen molar-refractivity contribution in [3.05, 3.63) is 224 Å². The Kier molecular flexibility index (Phi) is 7.25. The van der Waals surface area contributed by atoms with Crippen LogP contribution in [-0.2, 0) is 0 Å². The highest BCUT2D eigenvalue weighted by Crippen LogP contribution is 2.45. The zero-order valence-electron chi connectivity index (χ0n) is 37.0. The van der Waals surface area contributed by atoms with Crippen LogP contribution >= 0.6 is 0 Å². The normalized spacial score (nSPS) is 12.3. The molecule has 0 aliphatic rings. The molecule has 0 spiro atoms. The van der Waals surface area contributed by atoms with Gasteiger partial charge in [-0.1, -0.05) is 164 Å². The van der Waals surface area contributed by atoms with Crippen molar-refractivity contribution in [2.45, 2.75) is 0 Å². The second-order valence-corrected chi connectivity index (χ2v) is 18.3. The first-order valence-corrected chi connectivity index (χ1v) is 23.6. The minimum Gasteiger partial charge on any atom is -0.454 e. The maximum atomic E-state index is 6.78. The molecule has 6 aromatic heterocycles. The summed E-state index contributed by atoms with van der Waals surface area (Å²) in [6.07, 6.45) is 0. The Hall–Kier alpha value is -9.39. The summed E-state index contributed by atoms with van der Waals surface area (Å²) < 4.78 is 16.5. The zero-order valence-corrected chi connectivity index (χ0v) is 37.0. The Morgan fingerprint density at radius 3 is 1.32 bits per heavy atom. The number of benzene rings is 10. The van der Waals surface area contributed by atoms with Gasteiger partial charge >= 0.3 is 0 Å². The van der Waals surface area contributed by atoms with Crippen LogP contribution in [-0.4, -0.2) is 23.3 Å². The maximum absolute atomic E-state index is 6.78. The SMILES string of the molecule is c1cc(-n2c3ccccc3c3ccc4c5ccccc5n(-c5ccc6ccccc6c5)c4c32)nc(-n2c3ccccc3c3ccc4c5ccccc5n(-c5cccc6c5oc5ccccc56)c4c32)c1. The molecule has 16 rings (SSSR count). The molecule has 0 bridgehead atoms. The molecule has 0 N–H and O–H groups in total. The van der Waals surface area contributed by atoms with Gasteiger partial charge in [0, 0.05) is 59.5 Å². The maximum Gasteiger partial charge on any atom is 0.159 e. The lowest BCUT2D eigenvalue weighted by molar-refractivity contribution is 0.666. The molecule has 0 aliphatic carbocycles. The summed E-state index contributed by atoms with van der Waals surface area (Å²) in [5.41, 5.74) is 12.8. The third-order valence-corrected chi connectivity index (χ3v) is 14.7. The van der Waals surface area contributed by atoms with Crippen LogP contribution < -0.4 is 0 Å². The number of pyridine rings is 1. The molecule has 0 saturated heterocycles. The summed E-state index contributed by atoms with van der Waals surface area (Å²) >= 11 is 0. The predicted octanol–water partition coefficient (Wildman–Crippen LogP) is 16.5. The lowest BCUT2D eigenvalue weighted by Gasteiger charge is -2.15. The van der Waals surface area contributed by atoms with Gasteiger partial charge in [-0.2, -0.15) is 0 Å². The fraction of sp³-hybridized carbons (Fsp3) is 0. The van der Waals surface area contributed by atoms with E-state index in [-0.39, 0.29) is 0 Å². The van der Waals surface area contributed by atoms with Crippen molar-refractivity contribution in [2.75, 3.05) is 0 Å². The summed E-state index contributed by atoms with van der Waals surface area (Å²) in [6, 6.07) is 81.1. The monoisotopic (exact) mass is 879 g/mol. The Labute approximate surface area is 393 Å². The average Bonchev–Trinajstić information content (AvgIpc) is 4.21. The molecule has 320 valence electrons. The van der Waals surface area contributed by atoms with E-state index in [2.05, 4.69) is 237 Å². The molecule has 6 heterocycles. The smallest absolute Gasteiger partial charge is 0.159 e. The van der Waals surface area contributed by atoms with Gasteiger partial charge in [0.15, 0.2) is 5.58 Å². The minimum atomic E-state index is 0.832. The van der Waals surface area contributed by atoms with E-state index in [0.29, 0.717) is 0 Å². The van der Waals surface area contributed by atoms with Gasteiger partial charge in [0.2, 0.25) is 0 Å². The molecule has 69 heavy (non-hydrogen) atoms. The molecule has 0 atom stereocenters. The summed E-state index contributed by atoms with van der Waals surface area (Å²) in [4.78, 5) is 5.79. The number of hydrogen-bond donors (Lipinski definition) is 0. The molecule has 0 unspecified atom stereocenters. The zero-order chi connectivity index (χ0) is 44.9. The Morgan fingerprint density at radius 2 is 0.725 bits per heavy atom. The molecule has 10 aromatic carbocycles. The van der Waals surface area contributed by atoms with Crippen molar-refractivity contribution in [3.63, 3.8) is 0 Å². The third kappa shape index (κ3) is 4.91. The molecule has 0 fully saturated rings. The van der Waals surface area contributed by atoms with Crippen LogP contribution in [0.15, 0.2) is 229 Å². The number of aromatic nitrogens is 5. The van der Waals surface area contributed by atoms with Crippen LogP contribution in [0.1, 0.15) is 0 Å². The quantitative estimate of drug-likeness (QED) is 0.177. The molecule has 0 amide bonds. The first-order chi connectivity index (χ1) is 34.3. The van der Waals surface area contributed by atoms with Crippen LogP contribution in [0, 0.1) is 0 Å². The average molecular weight is 880 g/mol. The van der Waals surface area contributed by atoms with Crippen molar-refractivity contribution >= 4 is 120 Å². The van der Waals surface area contributed by atoms with Crippen LogP contribution in [0.5, 0.6) is 0 Å². The number of fused-ring (bicyclic) bond motifs is 18. The Morgan fingerprint density at radius 1 is 0.290 bits per heavy atom. The van der Waals surface area contributed by atoms with Gasteiger partial charge in [0.25, 0.3) is 0 Å². The highest BCUT2D eigenvalue weighted by atomic mass is 16.3. The summed E-state index contributed by atoms with van der Waals surface area (Å²) in [5, 5.41) is 14.1. The molecule has 0 radical (unpaired) electrons. The van der Waals surface area contributed by atoms with E-state index in [0.717, 1.165) is 99.9 Å². The van der Waals surface area contributed by atoms with Crippen LogP contribution in [0.3, 0.4) is 0 Å². The van der Waals surface area contributed by atoms with Crippen molar-refractivity contribution in [1.29, 1.82) is 0 Å². The molecular weight excluding hydrogens is 843 g/mol. The lowest BCUT2D eigenvalue weighted by Crippen LogP contribution is -2.05. The van der Waals surface area contributed by atoms with E-state index in [1.165, 1.54) is 43.1 Å². The second-order valence-electron chi connectivity index (χ2n) is 18.3. The summed E-state index contributed by atoms with van der Waals surface area (Å²) in [5.74, 6) is 1.67. The van der Waals surface area contributed by atoms with Gasteiger partial charge in [-0.3, -0.25) is 9.13 Å². The molecule has 0 aliphatic heterocycles. The van der Waals surface area contributed by atoms with Crippen LogP contribution in [0.2, 0.25) is 0 Å². The van der Waals surface area contributed by atoms with Crippen LogP contribution in [0.4, 0.5) is 0 Å². The first kappa shape index (κ1) is 36.8. The predicted molar refractivity (Wildman–Crippen MR) is 286 cm³/mol. The fourth-order valence-corrected chi connectivity index (χ4v) is 11.9. The molecule has 6 nitrogen and oxygen atoms in total. The van der Waals surface area contributed by atoms with Gasteiger partial charge in [-0.05, 0) is 71.4 Å². The van der Waals surface area contributed by atoms with Gasteiger partial charge in [-0.15, -0.1) is 0 Å². The van der Waals surface area contributed by atoms with Crippen molar-refractivity contribution in [3.8, 4) is 23.0 Å². The van der Waals surface area contributed by atoms with Gasteiger partial charge < -0.3 is 13.6 Å². The standard InChI is InChI=1S/C63H37N5O/c1-2-16-39-37-40(32-31-38(39)15-1)65-51-23-8-3-17-41(51)46-33-35-48-43-19-5-10-25-53(43)67(61(48)59(46)65)57-29-14-30-58(64-57)68-54-26-11-6-20-44(54)49-36-34-47-42-18-4-9-24-52(42)66(60(47)62(49)68)55-27-13-22-50-45-21-7-12-28-56(45)69-63(50)55/h1-37H. The van der Waals surface area contributed by atoms with Crippen LogP contribution in [0.25, 0.3) is 143 Å². The number of nitrogens with zero attached hydrogens (tertiary/aromatic N) is 5. The number of rotatable bonds is 4. The van der Waals surface area contributed by atoms with Crippen molar-refractivity contribution in [2.24, 2.45) is 0 Å². The van der Waals surface area contributed by atoms with Gasteiger partial charge in [0.05, 0.1) is 49.8 Å². The summed E-state index contributed by atoms with van der Waals surface area (Å²) in [7, 11) is 0. The van der Waals surface area contributed by atoms with E-state index in [1.54, 1.807) is 0 Å². The second kappa shape index (κ2) is 13.6. The molecular formula is C63H37N5O. The molecule has 16 aromatic rings. The molecule has 6 heteroatoms. The fourth-order valence-electron chi connectivity index (χ4n) is 11.9. The lowest BCUT2D eigenvalue weighted by atomic mass is 10.1. The van der Waals surface area contributed by atoms with E-state index in [4.69, 9.17) is 9.40 Å². The highest BCUT2D eigenvalue weighted by molar-refractivity contribution is 6.26. The minimum absolute atomic E-state index is 0.832. The number of para-hydroxylation sites is 6. The highest BCUT2D eigenvalue weighted by Gasteiger charge is 2.26. The van der Waals surface area contributed by atoms with Crippen molar-refractivity contribution in [1.82, 2.24) is 23.3 Å². The van der Waals surface area contributed by atoms with Crippen molar-refractivity contribution < 1.29 is 4.42 Å². The van der Waals surface area contributed by atoms with Gasteiger partial charge in [0.1, 0.15) is 17.2 Å². The van der Waals surface area contributed by atoms with E-state index in [1.807, 2.05) is 6.07 Å². The van der Waals surface area contributed by atoms with Gasteiger partial charge in [-0.25, -0.2) is 4.98 Å². The number of hydrogen-bond acceptors (Lipinski definition) is 2. The summed E-state index contributed by atoms with van der Waals surface area (Å²) in [6.45, 7) is 0. The largest absolute Gasteiger partial charge is 0.454 e. The third-order valence-electron chi connectivity index (χ3n) is 14.7.